The van der Waals surface area contributed by atoms with Gasteiger partial charge < -0.3 is 5.32 Å². The molecule has 0 bridgehead atoms. The van der Waals surface area contributed by atoms with Crippen molar-refractivity contribution in [2.45, 2.75) is 24.9 Å². The van der Waals surface area contributed by atoms with Gasteiger partial charge in [0.2, 0.25) is 5.91 Å². The third-order valence-corrected chi connectivity index (χ3v) is 7.11. The van der Waals surface area contributed by atoms with Crippen LogP contribution in [0.2, 0.25) is 0 Å². The van der Waals surface area contributed by atoms with Gasteiger partial charge in [-0.25, -0.2) is 8.42 Å². The zero-order valence-electron chi connectivity index (χ0n) is 14.7. The molecule has 2 unspecified atom stereocenters. The average Bonchev–Trinajstić information content (AvgIpc) is 3.24. The van der Waals surface area contributed by atoms with Crippen LogP contribution in [-0.2, 0) is 21.1 Å². The van der Waals surface area contributed by atoms with E-state index in [4.69, 9.17) is 0 Å². The van der Waals surface area contributed by atoms with Gasteiger partial charge >= 0.3 is 0 Å². The number of aromatic nitrogens is 1. The van der Waals surface area contributed by atoms with Crippen molar-refractivity contribution in [3.05, 3.63) is 52.5 Å². The molecule has 2 aromatic heterocycles. The van der Waals surface area contributed by atoms with Crippen LogP contribution in [0.1, 0.15) is 23.7 Å². The molecule has 8 heteroatoms. The standard InChI is InChI=1S/C18H23N3O3S2/c1-21(15-6-9-26(23,24)13-15)11-18(22)20-17(10-14-5-8-25-12-14)16-4-2-3-7-19-16/h2-5,7-8,12,15,17H,6,9-11,13H2,1H3,(H,20,22). The van der Waals surface area contributed by atoms with Crippen molar-refractivity contribution >= 4 is 27.1 Å². The molecule has 140 valence electrons. The Labute approximate surface area is 158 Å². The maximum Gasteiger partial charge on any atom is 0.234 e. The van der Waals surface area contributed by atoms with E-state index in [0.29, 0.717) is 12.8 Å². The van der Waals surface area contributed by atoms with Crippen LogP contribution in [0.25, 0.3) is 0 Å². The monoisotopic (exact) mass is 393 g/mol. The predicted molar refractivity (Wildman–Crippen MR) is 103 cm³/mol. The summed E-state index contributed by atoms with van der Waals surface area (Å²) < 4.78 is 23.3. The summed E-state index contributed by atoms with van der Waals surface area (Å²) in [5.41, 5.74) is 1.97. The molecule has 1 aliphatic heterocycles. The number of likely N-dealkylation sites (N-methyl/N-ethyl adjacent to an activating group) is 1. The Kier molecular flexibility index (Phi) is 6.05. The zero-order chi connectivity index (χ0) is 18.6. The Morgan fingerprint density at radius 3 is 2.88 bits per heavy atom. The molecule has 0 radical (unpaired) electrons. The summed E-state index contributed by atoms with van der Waals surface area (Å²) in [6.45, 7) is 0.174. The Balaban J connectivity index is 1.63. The first kappa shape index (κ1) is 19.0. The molecule has 1 saturated heterocycles. The van der Waals surface area contributed by atoms with Crippen molar-refractivity contribution in [3.63, 3.8) is 0 Å². The summed E-state index contributed by atoms with van der Waals surface area (Å²) in [5, 5.41) is 7.14. The molecule has 2 aromatic rings. The van der Waals surface area contributed by atoms with Gasteiger partial charge in [0.1, 0.15) is 0 Å². The molecule has 1 N–H and O–H groups in total. The molecular formula is C18H23N3O3S2. The number of hydrogen-bond acceptors (Lipinski definition) is 6. The predicted octanol–water partition coefficient (Wildman–Crippen LogP) is 1.66. The number of sulfone groups is 1. The van der Waals surface area contributed by atoms with Crippen molar-refractivity contribution in [3.8, 4) is 0 Å². The van der Waals surface area contributed by atoms with Gasteiger partial charge in [0, 0.05) is 12.2 Å². The van der Waals surface area contributed by atoms with E-state index in [9.17, 15) is 13.2 Å². The number of pyridine rings is 1. The minimum absolute atomic E-state index is 0.0871. The highest BCUT2D eigenvalue weighted by atomic mass is 32.2. The molecule has 1 aliphatic rings. The number of rotatable bonds is 7. The van der Waals surface area contributed by atoms with Gasteiger partial charge in [0.05, 0.1) is 29.8 Å². The van der Waals surface area contributed by atoms with Crippen molar-refractivity contribution in [2.75, 3.05) is 25.1 Å². The van der Waals surface area contributed by atoms with E-state index in [2.05, 4.69) is 15.7 Å². The number of hydrogen-bond donors (Lipinski definition) is 1. The molecule has 0 saturated carbocycles. The number of nitrogens with zero attached hydrogens (tertiary/aromatic N) is 2. The molecule has 3 rings (SSSR count). The first-order valence-electron chi connectivity index (χ1n) is 8.55. The van der Waals surface area contributed by atoms with E-state index >= 15 is 0 Å². The van der Waals surface area contributed by atoms with Crippen LogP contribution >= 0.6 is 11.3 Å². The Morgan fingerprint density at radius 2 is 2.27 bits per heavy atom. The molecule has 0 aromatic carbocycles. The summed E-state index contributed by atoms with van der Waals surface area (Å²) in [7, 11) is -1.15. The van der Waals surface area contributed by atoms with Crippen LogP contribution in [-0.4, -0.2) is 55.3 Å². The van der Waals surface area contributed by atoms with E-state index in [1.54, 1.807) is 24.6 Å². The lowest BCUT2D eigenvalue weighted by molar-refractivity contribution is -0.123. The summed E-state index contributed by atoms with van der Waals surface area (Å²) in [6.07, 6.45) is 2.98. The third-order valence-electron chi connectivity index (χ3n) is 4.62. The average molecular weight is 394 g/mol. The van der Waals surface area contributed by atoms with Gasteiger partial charge in [-0.05, 0) is 54.4 Å². The van der Waals surface area contributed by atoms with Gasteiger partial charge in [-0.2, -0.15) is 11.3 Å². The number of amides is 1. The highest BCUT2D eigenvalue weighted by molar-refractivity contribution is 7.91. The van der Waals surface area contributed by atoms with Crippen LogP contribution in [0.4, 0.5) is 0 Å². The second-order valence-corrected chi connectivity index (χ2v) is 9.69. The fourth-order valence-electron chi connectivity index (χ4n) is 3.17. The molecule has 0 aliphatic carbocycles. The van der Waals surface area contributed by atoms with E-state index in [1.165, 1.54) is 0 Å². The summed E-state index contributed by atoms with van der Waals surface area (Å²) >= 11 is 1.62. The molecule has 26 heavy (non-hydrogen) atoms. The third kappa shape index (κ3) is 5.12. The summed E-state index contributed by atoms with van der Waals surface area (Å²) in [5.74, 6) is 0.218. The fraction of sp³-hybridized carbons (Fsp3) is 0.444. The lowest BCUT2D eigenvalue weighted by atomic mass is 10.1. The van der Waals surface area contributed by atoms with Crippen molar-refractivity contribution in [1.82, 2.24) is 15.2 Å². The van der Waals surface area contributed by atoms with Crippen molar-refractivity contribution < 1.29 is 13.2 Å². The minimum Gasteiger partial charge on any atom is -0.346 e. The largest absolute Gasteiger partial charge is 0.346 e. The highest BCUT2D eigenvalue weighted by Gasteiger charge is 2.31. The SMILES string of the molecule is CN(CC(=O)NC(Cc1ccsc1)c1ccccn1)C1CCS(=O)(=O)C1. The van der Waals surface area contributed by atoms with Crippen molar-refractivity contribution in [2.24, 2.45) is 0 Å². The number of carbonyl (C=O) groups is 1. The first-order valence-corrected chi connectivity index (χ1v) is 11.3. The molecule has 6 nitrogen and oxygen atoms in total. The lowest BCUT2D eigenvalue weighted by Gasteiger charge is -2.24. The van der Waals surface area contributed by atoms with Crippen LogP contribution in [0.5, 0.6) is 0 Å². The van der Waals surface area contributed by atoms with Gasteiger partial charge in [0.15, 0.2) is 9.84 Å². The number of carbonyl (C=O) groups excluding carboxylic acids is 1. The van der Waals surface area contributed by atoms with E-state index < -0.39 is 9.84 Å². The Hall–Kier alpha value is -1.77. The molecule has 1 fully saturated rings. The first-order chi connectivity index (χ1) is 12.4. The number of thiophene rings is 1. The normalized spacial score (nSPS) is 20.2. The molecule has 1 amide bonds. The maximum absolute atomic E-state index is 12.6. The van der Waals surface area contributed by atoms with Crippen LogP contribution in [0.15, 0.2) is 41.2 Å². The molecular weight excluding hydrogens is 370 g/mol. The molecule has 3 heterocycles. The van der Waals surface area contributed by atoms with Gasteiger partial charge in [-0.1, -0.05) is 6.07 Å². The Bertz CT molecular complexity index is 823. The van der Waals surface area contributed by atoms with Crippen LogP contribution in [0, 0.1) is 0 Å². The topological polar surface area (TPSA) is 79.4 Å². The minimum atomic E-state index is -2.96. The van der Waals surface area contributed by atoms with E-state index in [0.717, 1.165) is 11.3 Å². The van der Waals surface area contributed by atoms with Gasteiger partial charge in [-0.15, -0.1) is 0 Å². The second-order valence-electron chi connectivity index (χ2n) is 6.68. The summed E-state index contributed by atoms with van der Waals surface area (Å²) in [6, 6.07) is 7.41. The van der Waals surface area contributed by atoms with Gasteiger partial charge in [-0.3, -0.25) is 14.7 Å². The van der Waals surface area contributed by atoms with Crippen molar-refractivity contribution in [1.29, 1.82) is 0 Å². The zero-order valence-corrected chi connectivity index (χ0v) is 16.3. The summed E-state index contributed by atoms with van der Waals surface area (Å²) in [4.78, 5) is 18.8. The molecule has 0 spiro atoms. The fourth-order valence-corrected chi connectivity index (χ4v) is 5.66. The lowest BCUT2D eigenvalue weighted by Crippen LogP contribution is -2.42. The quantitative estimate of drug-likeness (QED) is 0.774. The van der Waals surface area contributed by atoms with E-state index in [-0.39, 0.29) is 36.0 Å². The van der Waals surface area contributed by atoms with Crippen LogP contribution < -0.4 is 5.32 Å². The van der Waals surface area contributed by atoms with E-state index in [1.807, 2.05) is 34.5 Å². The van der Waals surface area contributed by atoms with Crippen LogP contribution in [0.3, 0.4) is 0 Å². The van der Waals surface area contributed by atoms with Gasteiger partial charge in [0.25, 0.3) is 0 Å². The smallest absolute Gasteiger partial charge is 0.234 e. The maximum atomic E-state index is 12.6. The number of nitrogens with one attached hydrogen (secondary N) is 1. The highest BCUT2D eigenvalue weighted by Crippen LogP contribution is 2.19. The molecule has 2 atom stereocenters. The second kappa shape index (κ2) is 8.28. The Morgan fingerprint density at radius 1 is 1.42 bits per heavy atom.